The number of benzene rings is 2. The molecule has 1 saturated heterocycles. The van der Waals surface area contributed by atoms with Crippen molar-refractivity contribution in [2.75, 3.05) is 18.4 Å². The molecule has 7 nitrogen and oxygen atoms in total. The molecule has 31 heavy (non-hydrogen) atoms. The Kier molecular flexibility index (Phi) is 6.08. The molecule has 0 saturated carbocycles. The lowest BCUT2D eigenvalue weighted by atomic mass is 9.99. The number of hydrogen-bond acceptors (Lipinski definition) is 6. The monoisotopic (exact) mass is 464 g/mol. The van der Waals surface area contributed by atoms with Crippen molar-refractivity contribution in [2.24, 2.45) is 0 Å². The number of amides is 1. The lowest BCUT2D eigenvalue weighted by molar-refractivity contribution is 0.102. The lowest BCUT2D eigenvalue weighted by Gasteiger charge is -2.30. The Bertz CT molecular complexity index is 1210. The molecule has 162 valence electrons. The minimum atomic E-state index is -3.78. The van der Waals surface area contributed by atoms with Crippen LogP contribution in [0.25, 0.3) is 0 Å². The summed E-state index contributed by atoms with van der Waals surface area (Å²) in [4.78, 5) is 12.3. The van der Waals surface area contributed by atoms with Crippen LogP contribution in [0, 0.1) is 11.6 Å². The fraction of sp³-hybridized carbons (Fsp3) is 0.250. The molecule has 1 fully saturated rings. The fourth-order valence-electron chi connectivity index (χ4n) is 3.35. The van der Waals surface area contributed by atoms with Gasteiger partial charge < -0.3 is 5.32 Å². The molecule has 2 aromatic carbocycles. The van der Waals surface area contributed by atoms with E-state index in [0.29, 0.717) is 17.8 Å². The van der Waals surface area contributed by atoms with Crippen molar-refractivity contribution in [1.29, 1.82) is 0 Å². The number of carbonyl (C=O) groups is 1. The zero-order chi connectivity index (χ0) is 22.0. The first-order chi connectivity index (χ1) is 14.8. The summed E-state index contributed by atoms with van der Waals surface area (Å²) in [5.41, 5.74) is 0.0557. The molecule has 0 radical (unpaired) electrons. The van der Waals surface area contributed by atoms with Crippen molar-refractivity contribution in [3.63, 3.8) is 0 Å². The smallest absolute Gasteiger partial charge is 0.286 e. The number of hydrogen-bond donors (Lipinski definition) is 1. The van der Waals surface area contributed by atoms with E-state index in [2.05, 4.69) is 15.5 Å². The average Bonchev–Trinajstić information content (AvgIpc) is 3.26. The second-order valence-corrected chi connectivity index (χ2v) is 9.96. The van der Waals surface area contributed by atoms with E-state index in [1.54, 1.807) is 6.07 Å². The van der Waals surface area contributed by atoms with Gasteiger partial charge in [-0.15, -0.1) is 10.2 Å². The van der Waals surface area contributed by atoms with Gasteiger partial charge in [0.15, 0.2) is 0 Å². The van der Waals surface area contributed by atoms with Crippen LogP contribution in [-0.2, 0) is 10.0 Å². The molecule has 0 atom stereocenters. The zero-order valence-corrected chi connectivity index (χ0v) is 17.8. The third-order valence-corrected chi connectivity index (χ3v) is 7.97. The Balaban J connectivity index is 1.40. The number of aromatic nitrogens is 2. The average molecular weight is 465 g/mol. The van der Waals surface area contributed by atoms with Gasteiger partial charge in [0, 0.05) is 19.0 Å². The topological polar surface area (TPSA) is 92.3 Å². The van der Waals surface area contributed by atoms with Crippen molar-refractivity contribution < 1.29 is 22.0 Å². The van der Waals surface area contributed by atoms with Crippen molar-refractivity contribution in [3.05, 3.63) is 70.2 Å². The van der Waals surface area contributed by atoms with E-state index in [4.69, 9.17) is 0 Å². The van der Waals surface area contributed by atoms with Crippen LogP contribution in [0.3, 0.4) is 0 Å². The van der Waals surface area contributed by atoms with Gasteiger partial charge in [0.05, 0.1) is 10.6 Å². The van der Waals surface area contributed by atoms with Gasteiger partial charge in [0.1, 0.15) is 16.6 Å². The molecule has 0 unspecified atom stereocenters. The van der Waals surface area contributed by atoms with E-state index in [1.807, 2.05) is 0 Å². The number of sulfonamides is 1. The summed E-state index contributed by atoms with van der Waals surface area (Å²) in [7, 11) is -3.78. The zero-order valence-electron chi connectivity index (χ0n) is 16.2. The number of carbonyl (C=O) groups excluding carboxylic acids is 1. The first kappa shape index (κ1) is 21.5. The van der Waals surface area contributed by atoms with Crippen LogP contribution in [0.2, 0.25) is 0 Å². The van der Waals surface area contributed by atoms with Crippen molar-refractivity contribution in [1.82, 2.24) is 14.5 Å². The third kappa shape index (κ3) is 4.63. The molecule has 0 bridgehead atoms. The molecule has 1 aromatic heterocycles. The van der Waals surface area contributed by atoms with Crippen LogP contribution in [0.1, 0.15) is 33.6 Å². The molecule has 0 aliphatic carbocycles. The van der Waals surface area contributed by atoms with Crippen LogP contribution in [0.5, 0.6) is 0 Å². The standard InChI is InChI=1S/C20H18F2N4O3S2/c21-14-4-3-5-15(12-14)31(28,29)26-10-8-13(9-11-26)19-24-25-20(30-19)18(27)23-17-7-2-1-6-16(17)22/h1-7,12-13H,8-11H2,(H,23,27). The molecule has 0 spiro atoms. The van der Waals surface area contributed by atoms with Gasteiger partial charge in [0.2, 0.25) is 15.0 Å². The predicted molar refractivity (Wildman–Crippen MR) is 111 cm³/mol. The summed E-state index contributed by atoms with van der Waals surface area (Å²) < 4.78 is 53.9. The third-order valence-electron chi connectivity index (χ3n) is 4.99. The summed E-state index contributed by atoms with van der Waals surface area (Å²) in [6.07, 6.45) is 0.996. The normalized spacial score (nSPS) is 15.7. The van der Waals surface area contributed by atoms with Crippen LogP contribution in [-0.4, -0.2) is 41.9 Å². The molecular weight excluding hydrogens is 446 g/mol. The Morgan fingerprint density at radius 2 is 1.81 bits per heavy atom. The Hall–Kier alpha value is -2.76. The summed E-state index contributed by atoms with van der Waals surface area (Å²) >= 11 is 1.11. The van der Waals surface area contributed by atoms with E-state index in [9.17, 15) is 22.0 Å². The Labute approximate surface area is 181 Å². The van der Waals surface area contributed by atoms with Gasteiger partial charge in [-0.25, -0.2) is 17.2 Å². The van der Waals surface area contributed by atoms with Crippen LogP contribution in [0.15, 0.2) is 53.4 Å². The highest BCUT2D eigenvalue weighted by Gasteiger charge is 2.32. The number of rotatable bonds is 5. The highest BCUT2D eigenvalue weighted by molar-refractivity contribution is 7.89. The molecule has 1 amide bonds. The largest absolute Gasteiger partial charge is 0.317 e. The minimum Gasteiger partial charge on any atom is -0.317 e. The van der Waals surface area contributed by atoms with Crippen molar-refractivity contribution >= 4 is 33.0 Å². The first-order valence-corrected chi connectivity index (χ1v) is 11.8. The highest BCUT2D eigenvalue weighted by atomic mass is 32.2. The Morgan fingerprint density at radius 1 is 1.06 bits per heavy atom. The molecule has 1 aliphatic heterocycles. The quantitative estimate of drug-likeness (QED) is 0.623. The van der Waals surface area contributed by atoms with Gasteiger partial charge in [-0.3, -0.25) is 4.79 Å². The molecule has 2 heterocycles. The van der Waals surface area contributed by atoms with E-state index < -0.39 is 27.6 Å². The maximum atomic E-state index is 13.7. The maximum Gasteiger partial charge on any atom is 0.286 e. The van der Waals surface area contributed by atoms with E-state index in [0.717, 1.165) is 17.4 Å². The number of piperidine rings is 1. The Morgan fingerprint density at radius 3 is 2.52 bits per heavy atom. The second-order valence-electron chi connectivity index (χ2n) is 7.02. The maximum absolute atomic E-state index is 13.7. The fourth-order valence-corrected chi connectivity index (χ4v) is 5.76. The van der Waals surface area contributed by atoms with Crippen LogP contribution in [0.4, 0.5) is 14.5 Å². The summed E-state index contributed by atoms with van der Waals surface area (Å²) in [6, 6.07) is 10.8. The van der Waals surface area contributed by atoms with Gasteiger partial charge in [-0.2, -0.15) is 4.31 Å². The number of nitrogens with zero attached hydrogens (tertiary/aromatic N) is 3. The predicted octanol–water partition coefficient (Wildman–Crippen LogP) is 3.64. The second kappa shape index (κ2) is 8.77. The van der Waals surface area contributed by atoms with E-state index in [1.165, 1.54) is 40.7 Å². The van der Waals surface area contributed by atoms with Gasteiger partial charge in [-0.1, -0.05) is 29.5 Å². The lowest BCUT2D eigenvalue weighted by Crippen LogP contribution is -2.37. The van der Waals surface area contributed by atoms with Crippen molar-refractivity contribution in [3.8, 4) is 0 Å². The molecule has 11 heteroatoms. The van der Waals surface area contributed by atoms with Gasteiger partial charge >= 0.3 is 0 Å². The van der Waals surface area contributed by atoms with E-state index in [-0.39, 0.29) is 34.6 Å². The van der Waals surface area contributed by atoms with Crippen molar-refractivity contribution in [2.45, 2.75) is 23.7 Å². The molecular formula is C20H18F2N4O3S2. The van der Waals surface area contributed by atoms with Gasteiger partial charge in [0.25, 0.3) is 5.91 Å². The number of nitrogens with one attached hydrogen (secondary N) is 1. The van der Waals surface area contributed by atoms with Crippen LogP contribution < -0.4 is 5.32 Å². The molecule has 4 rings (SSSR count). The summed E-state index contributed by atoms with van der Waals surface area (Å²) in [5, 5.41) is 11.2. The molecule has 3 aromatic rings. The molecule has 1 N–H and O–H groups in total. The summed E-state index contributed by atoms with van der Waals surface area (Å²) in [6.45, 7) is 0.500. The summed E-state index contributed by atoms with van der Waals surface area (Å²) in [5.74, 6) is -1.76. The van der Waals surface area contributed by atoms with E-state index >= 15 is 0 Å². The number of para-hydroxylation sites is 1. The molecule has 1 aliphatic rings. The SMILES string of the molecule is O=C(Nc1ccccc1F)c1nnc(C2CCN(S(=O)(=O)c3cccc(F)c3)CC2)s1. The highest BCUT2D eigenvalue weighted by Crippen LogP contribution is 2.32. The number of anilines is 1. The minimum absolute atomic E-state index is 0.0496. The van der Waals surface area contributed by atoms with Gasteiger partial charge in [-0.05, 0) is 43.2 Å². The number of halogens is 2. The first-order valence-electron chi connectivity index (χ1n) is 9.49. The van der Waals surface area contributed by atoms with Crippen LogP contribution >= 0.6 is 11.3 Å².